The molecule has 2 heterocycles. The topological polar surface area (TPSA) is 71.5 Å². The highest BCUT2D eigenvalue weighted by atomic mass is 32.2. The van der Waals surface area contributed by atoms with E-state index < -0.39 is 10.0 Å². The molecule has 0 aromatic carbocycles. The van der Waals surface area contributed by atoms with Crippen molar-refractivity contribution < 1.29 is 13.2 Å². The number of nitrogens with zero attached hydrogens (tertiary/aromatic N) is 2. The molecule has 0 unspecified atom stereocenters. The lowest BCUT2D eigenvalue weighted by atomic mass is 10.1. The van der Waals surface area contributed by atoms with E-state index in [1.165, 1.54) is 38.9 Å². The summed E-state index contributed by atoms with van der Waals surface area (Å²) in [5.41, 5.74) is 0. The van der Waals surface area contributed by atoms with Crippen molar-refractivity contribution in [3.8, 4) is 0 Å². The number of rotatable bonds is 5. The van der Waals surface area contributed by atoms with Crippen LogP contribution in [0.3, 0.4) is 0 Å². The van der Waals surface area contributed by atoms with E-state index in [9.17, 15) is 8.42 Å². The summed E-state index contributed by atoms with van der Waals surface area (Å²) in [5, 5.41) is 0. The SMILES string of the molecule is CNS(=O)(=O)c1ccc(N2CCC(OC3CCCC3)CC2)nc1. The van der Waals surface area contributed by atoms with Crippen LogP contribution in [0.25, 0.3) is 0 Å². The zero-order valence-corrected chi connectivity index (χ0v) is 14.4. The Morgan fingerprint density at radius 3 is 2.35 bits per heavy atom. The molecule has 7 heteroatoms. The Kier molecular flexibility index (Phi) is 5.18. The fraction of sp³-hybridized carbons (Fsp3) is 0.688. The van der Waals surface area contributed by atoms with Crippen LogP contribution in [-0.2, 0) is 14.8 Å². The fourth-order valence-electron chi connectivity index (χ4n) is 3.35. The van der Waals surface area contributed by atoms with Crippen LogP contribution in [0.15, 0.2) is 23.2 Å². The molecule has 1 N–H and O–H groups in total. The van der Waals surface area contributed by atoms with Crippen LogP contribution >= 0.6 is 0 Å². The molecule has 2 fully saturated rings. The summed E-state index contributed by atoms with van der Waals surface area (Å²) in [5.74, 6) is 0.833. The van der Waals surface area contributed by atoms with E-state index in [0.717, 1.165) is 31.7 Å². The Hall–Kier alpha value is -1.18. The summed E-state index contributed by atoms with van der Waals surface area (Å²) >= 11 is 0. The molecule has 1 aromatic rings. The quantitative estimate of drug-likeness (QED) is 0.887. The third kappa shape index (κ3) is 4.02. The molecule has 0 spiro atoms. The van der Waals surface area contributed by atoms with Crippen molar-refractivity contribution in [2.75, 3.05) is 25.0 Å². The number of pyridine rings is 1. The number of anilines is 1. The monoisotopic (exact) mass is 339 g/mol. The second-order valence-corrected chi connectivity index (χ2v) is 8.18. The third-order valence-corrected chi connectivity index (χ3v) is 6.15. The van der Waals surface area contributed by atoms with Gasteiger partial charge in [-0.25, -0.2) is 18.1 Å². The van der Waals surface area contributed by atoms with Crippen LogP contribution < -0.4 is 9.62 Å². The highest BCUT2D eigenvalue weighted by Crippen LogP contribution is 2.26. The van der Waals surface area contributed by atoms with Gasteiger partial charge < -0.3 is 9.64 Å². The van der Waals surface area contributed by atoms with E-state index >= 15 is 0 Å². The van der Waals surface area contributed by atoms with Crippen molar-refractivity contribution >= 4 is 15.8 Å². The average molecular weight is 339 g/mol. The van der Waals surface area contributed by atoms with Gasteiger partial charge in [0.25, 0.3) is 0 Å². The van der Waals surface area contributed by atoms with Gasteiger partial charge in [-0.2, -0.15) is 0 Å². The van der Waals surface area contributed by atoms with E-state index in [1.807, 2.05) is 0 Å². The number of ether oxygens (including phenoxy) is 1. The molecule has 23 heavy (non-hydrogen) atoms. The highest BCUT2D eigenvalue weighted by Gasteiger charge is 2.25. The molecule has 3 rings (SSSR count). The van der Waals surface area contributed by atoms with Gasteiger partial charge in [0, 0.05) is 19.3 Å². The first-order valence-corrected chi connectivity index (χ1v) is 9.87. The van der Waals surface area contributed by atoms with Gasteiger partial charge in [-0.05, 0) is 44.9 Å². The van der Waals surface area contributed by atoms with Crippen molar-refractivity contribution in [1.29, 1.82) is 0 Å². The first-order valence-electron chi connectivity index (χ1n) is 8.38. The van der Waals surface area contributed by atoms with Gasteiger partial charge in [0.15, 0.2) is 0 Å². The van der Waals surface area contributed by atoms with Crippen LogP contribution in [0.2, 0.25) is 0 Å². The van der Waals surface area contributed by atoms with E-state index in [-0.39, 0.29) is 4.90 Å². The zero-order chi connectivity index (χ0) is 16.3. The average Bonchev–Trinajstić information content (AvgIpc) is 3.09. The van der Waals surface area contributed by atoms with Crippen LogP contribution in [0.1, 0.15) is 38.5 Å². The van der Waals surface area contributed by atoms with Crippen LogP contribution in [0, 0.1) is 0 Å². The summed E-state index contributed by atoms with van der Waals surface area (Å²) in [4.78, 5) is 6.71. The number of piperidine rings is 1. The second kappa shape index (κ2) is 7.15. The Balaban J connectivity index is 1.55. The molecule has 128 valence electrons. The summed E-state index contributed by atoms with van der Waals surface area (Å²) in [6, 6.07) is 3.39. The minimum Gasteiger partial charge on any atom is -0.375 e. The van der Waals surface area contributed by atoms with Gasteiger partial charge in [-0.3, -0.25) is 0 Å². The van der Waals surface area contributed by atoms with Crippen molar-refractivity contribution in [2.45, 2.75) is 55.6 Å². The molecule has 6 nitrogen and oxygen atoms in total. The van der Waals surface area contributed by atoms with Crippen LogP contribution in [0.4, 0.5) is 5.82 Å². The Morgan fingerprint density at radius 2 is 1.78 bits per heavy atom. The molecule has 0 amide bonds. The Morgan fingerprint density at radius 1 is 1.13 bits per heavy atom. The number of hydrogen-bond donors (Lipinski definition) is 1. The molecule has 1 saturated heterocycles. The van der Waals surface area contributed by atoms with Crippen molar-refractivity contribution in [2.24, 2.45) is 0 Å². The Labute approximate surface area is 138 Å². The number of nitrogens with one attached hydrogen (secondary N) is 1. The summed E-state index contributed by atoms with van der Waals surface area (Å²) < 4.78 is 31.9. The molecule has 2 aliphatic rings. The van der Waals surface area contributed by atoms with Crippen molar-refractivity contribution in [3.05, 3.63) is 18.3 Å². The van der Waals surface area contributed by atoms with Gasteiger partial charge in [-0.15, -0.1) is 0 Å². The maximum absolute atomic E-state index is 11.7. The molecule has 1 aliphatic heterocycles. The van der Waals surface area contributed by atoms with Gasteiger partial charge in [0.2, 0.25) is 10.0 Å². The number of sulfonamides is 1. The third-order valence-electron chi connectivity index (χ3n) is 4.75. The summed E-state index contributed by atoms with van der Waals surface area (Å²) in [6.45, 7) is 1.81. The van der Waals surface area contributed by atoms with Gasteiger partial charge in [-0.1, -0.05) is 12.8 Å². The van der Waals surface area contributed by atoms with Crippen LogP contribution in [-0.4, -0.2) is 45.7 Å². The molecule has 0 bridgehead atoms. The van der Waals surface area contributed by atoms with E-state index in [2.05, 4.69) is 14.6 Å². The fourth-order valence-corrected chi connectivity index (χ4v) is 4.03. The van der Waals surface area contributed by atoms with E-state index in [1.54, 1.807) is 12.1 Å². The lowest BCUT2D eigenvalue weighted by Gasteiger charge is -2.34. The predicted molar refractivity (Wildman–Crippen MR) is 89.1 cm³/mol. The zero-order valence-electron chi connectivity index (χ0n) is 13.6. The maximum Gasteiger partial charge on any atom is 0.241 e. The minimum atomic E-state index is -3.42. The first kappa shape index (κ1) is 16.7. The standard InChI is InChI=1S/C16H25N3O3S/c1-17-23(20,21)15-6-7-16(18-12-15)19-10-8-14(9-11-19)22-13-4-2-3-5-13/h6-7,12-14,17H,2-5,8-11H2,1H3. The molecular formula is C16H25N3O3S. The molecule has 0 radical (unpaired) electrons. The first-order chi connectivity index (χ1) is 11.1. The van der Waals surface area contributed by atoms with E-state index in [0.29, 0.717) is 12.2 Å². The van der Waals surface area contributed by atoms with E-state index in [4.69, 9.17) is 4.74 Å². The predicted octanol–water partition coefficient (Wildman–Crippen LogP) is 1.92. The molecular weight excluding hydrogens is 314 g/mol. The molecule has 1 aromatic heterocycles. The molecule has 1 aliphatic carbocycles. The summed E-state index contributed by atoms with van der Waals surface area (Å²) in [7, 11) is -2.02. The number of hydrogen-bond acceptors (Lipinski definition) is 5. The minimum absolute atomic E-state index is 0.197. The van der Waals surface area contributed by atoms with Crippen molar-refractivity contribution in [3.63, 3.8) is 0 Å². The van der Waals surface area contributed by atoms with Gasteiger partial charge in [0.05, 0.1) is 12.2 Å². The molecule has 0 atom stereocenters. The Bertz CT molecular complexity index is 604. The second-order valence-electron chi connectivity index (χ2n) is 6.29. The van der Waals surface area contributed by atoms with Gasteiger partial charge in [0.1, 0.15) is 10.7 Å². The maximum atomic E-state index is 11.7. The smallest absolute Gasteiger partial charge is 0.241 e. The normalized spacial score (nSPS) is 21.0. The van der Waals surface area contributed by atoms with Crippen molar-refractivity contribution in [1.82, 2.24) is 9.71 Å². The molecule has 1 saturated carbocycles. The largest absolute Gasteiger partial charge is 0.375 e. The number of aromatic nitrogens is 1. The van der Waals surface area contributed by atoms with Crippen LogP contribution in [0.5, 0.6) is 0 Å². The summed E-state index contributed by atoms with van der Waals surface area (Å²) in [6.07, 6.45) is 9.29. The lowest BCUT2D eigenvalue weighted by Crippen LogP contribution is -2.38. The van der Waals surface area contributed by atoms with Gasteiger partial charge >= 0.3 is 0 Å². The lowest BCUT2D eigenvalue weighted by molar-refractivity contribution is -0.0195. The highest BCUT2D eigenvalue weighted by molar-refractivity contribution is 7.89.